The lowest BCUT2D eigenvalue weighted by atomic mass is 10.4. The van der Waals surface area contributed by atoms with E-state index < -0.39 is 4.92 Å². The zero-order valence-electron chi connectivity index (χ0n) is 7.44. The lowest BCUT2D eigenvalue weighted by molar-refractivity contribution is -0.424. The molecule has 0 aliphatic rings. The molecular formula is C9H8BrNO2S. The summed E-state index contributed by atoms with van der Waals surface area (Å²) in [5, 5.41) is 11.8. The molecule has 0 radical (unpaired) electrons. The van der Waals surface area contributed by atoms with Gasteiger partial charge in [0.15, 0.2) is 0 Å². The quantitative estimate of drug-likeness (QED) is 0.479. The molecule has 14 heavy (non-hydrogen) atoms. The maximum Gasteiger partial charge on any atom is 0.249 e. The summed E-state index contributed by atoms with van der Waals surface area (Å²) >= 11 is 4.67. The Hall–Kier alpha value is -0.810. The van der Waals surface area contributed by atoms with Crippen molar-refractivity contribution in [1.29, 1.82) is 0 Å². The molecule has 74 valence electrons. The first kappa shape index (κ1) is 11.3. The van der Waals surface area contributed by atoms with Crippen LogP contribution in [0, 0.1) is 10.1 Å². The van der Waals surface area contributed by atoms with Gasteiger partial charge in [0.1, 0.15) is 0 Å². The lowest BCUT2D eigenvalue weighted by Gasteiger charge is -1.96. The van der Waals surface area contributed by atoms with E-state index in [1.54, 1.807) is 0 Å². The minimum atomic E-state index is -0.398. The molecule has 0 fully saturated rings. The summed E-state index contributed by atoms with van der Waals surface area (Å²) in [6, 6.07) is 7.61. The van der Waals surface area contributed by atoms with Crippen molar-refractivity contribution in [2.75, 3.05) is 0 Å². The molecule has 0 bridgehead atoms. The van der Waals surface area contributed by atoms with Crippen molar-refractivity contribution in [3.63, 3.8) is 0 Å². The van der Waals surface area contributed by atoms with Gasteiger partial charge in [0.25, 0.3) is 0 Å². The number of allylic oxidation sites excluding steroid dienone is 1. The van der Waals surface area contributed by atoms with Crippen LogP contribution in [0.1, 0.15) is 6.92 Å². The van der Waals surface area contributed by atoms with Gasteiger partial charge in [-0.3, -0.25) is 10.1 Å². The van der Waals surface area contributed by atoms with E-state index in [-0.39, 0.29) is 5.70 Å². The molecule has 0 atom stereocenters. The number of nitro groups is 1. The normalized spacial score (nSPS) is 11.4. The van der Waals surface area contributed by atoms with Gasteiger partial charge < -0.3 is 0 Å². The van der Waals surface area contributed by atoms with Crippen LogP contribution in [0.2, 0.25) is 0 Å². The average molecular weight is 274 g/mol. The van der Waals surface area contributed by atoms with Crippen LogP contribution in [-0.2, 0) is 0 Å². The standard InChI is InChI=1S/C9H8BrNO2S/c1-7(11(12)13)6-14-9-4-2-3-8(10)5-9/h2-6H,1H3. The molecule has 1 aromatic rings. The smallest absolute Gasteiger partial charge is 0.249 e. The van der Waals surface area contributed by atoms with Crippen molar-refractivity contribution >= 4 is 27.7 Å². The zero-order chi connectivity index (χ0) is 10.6. The van der Waals surface area contributed by atoms with Crippen LogP contribution in [0.5, 0.6) is 0 Å². The molecule has 5 heteroatoms. The van der Waals surface area contributed by atoms with Gasteiger partial charge >= 0.3 is 0 Å². The molecule has 0 spiro atoms. The predicted molar refractivity (Wildman–Crippen MR) is 60.8 cm³/mol. The van der Waals surface area contributed by atoms with E-state index in [4.69, 9.17) is 0 Å². The van der Waals surface area contributed by atoms with Gasteiger partial charge in [0.2, 0.25) is 5.70 Å². The molecule has 0 aliphatic heterocycles. The summed E-state index contributed by atoms with van der Waals surface area (Å²) in [5.74, 6) is 0. The minimum absolute atomic E-state index is 0.148. The van der Waals surface area contributed by atoms with Crippen LogP contribution in [0.25, 0.3) is 0 Å². The first-order valence-corrected chi connectivity index (χ1v) is 5.50. The highest BCUT2D eigenvalue weighted by Gasteiger charge is 2.01. The Labute approximate surface area is 94.5 Å². The summed E-state index contributed by atoms with van der Waals surface area (Å²) < 4.78 is 0.967. The van der Waals surface area contributed by atoms with Gasteiger partial charge in [-0.05, 0) is 18.2 Å². The number of rotatable bonds is 3. The second kappa shape index (κ2) is 5.17. The molecule has 1 aromatic carbocycles. The summed E-state index contributed by atoms with van der Waals surface area (Å²) in [6.07, 6.45) is 0. The van der Waals surface area contributed by atoms with Crippen LogP contribution in [0.4, 0.5) is 0 Å². The Bertz CT molecular complexity index is 379. The number of thioether (sulfide) groups is 1. The van der Waals surface area contributed by atoms with E-state index >= 15 is 0 Å². The van der Waals surface area contributed by atoms with Gasteiger partial charge in [0.05, 0.1) is 4.92 Å². The Kier molecular flexibility index (Phi) is 4.16. The number of hydrogen-bond donors (Lipinski definition) is 0. The first-order valence-electron chi connectivity index (χ1n) is 3.83. The second-order valence-electron chi connectivity index (χ2n) is 2.59. The molecule has 0 aliphatic carbocycles. The third-order valence-corrected chi connectivity index (χ3v) is 2.93. The lowest BCUT2D eigenvalue weighted by Crippen LogP contribution is -1.91. The van der Waals surface area contributed by atoms with Crippen LogP contribution in [0.15, 0.2) is 44.7 Å². The predicted octanol–water partition coefficient (Wildman–Crippen LogP) is 3.68. The summed E-state index contributed by atoms with van der Waals surface area (Å²) in [5.41, 5.74) is 0.148. The SMILES string of the molecule is CC(=CSc1cccc(Br)c1)[N+](=O)[O-]. The van der Waals surface area contributed by atoms with E-state index in [2.05, 4.69) is 15.9 Å². The fourth-order valence-electron chi connectivity index (χ4n) is 0.737. The van der Waals surface area contributed by atoms with E-state index in [1.165, 1.54) is 24.1 Å². The van der Waals surface area contributed by atoms with Gasteiger partial charge in [-0.25, -0.2) is 0 Å². The van der Waals surface area contributed by atoms with Crippen LogP contribution in [-0.4, -0.2) is 4.92 Å². The highest BCUT2D eigenvalue weighted by molar-refractivity contribution is 9.10. The van der Waals surface area contributed by atoms with Crippen molar-refractivity contribution in [3.05, 3.63) is 50.0 Å². The molecule has 0 heterocycles. The topological polar surface area (TPSA) is 43.1 Å². The summed E-state index contributed by atoms with van der Waals surface area (Å²) in [7, 11) is 0. The molecular weight excluding hydrogens is 266 g/mol. The first-order chi connectivity index (χ1) is 6.59. The minimum Gasteiger partial charge on any atom is -0.259 e. The van der Waals surface area contributed by atoms with Gasteiger partial charge in [0, 0.05) is 21.7 Å². The number of benzene rings is 1. The van der Waals surface area contributed by atoms with Crippen molar-refractivity contribution < 1.29 is 4.92 Å². The fourth-order valence-corrected chi connectivity index (χ4v) is 2.03. The summed E-state index contributed by atoms with van der Waals surface area (Å²) in [4.78, 5) is 10.9. The van der Waals surface area contributed by atoms with Crippen LogP contribution < -0.4 is 0 Å². The Morgan fingerprint density at radius 1 is 1.64 bits per heavy atom. The van der Waals surface area contributed by atoms with Crippen molar-refractivity contribution in [1.82, 2.24) is 0 Å². The average Bonchev–Trinajstić information content (AvgIpc) is 2.14. The molecule has 1 rings (SSSR count). The Morgan fingerprint density at radius 2 is 2.36 bits per heavy atom. The van der Waals surface area contributed by atoms with Crippen LogP contribution in [0.3, 0.4) is 0 Å². The van der Waals surface area contributed by atoms with Gasteiger partial charge in [-0.2, -0.15) is 0 Å². The maximum absolute atomic E-state index is 10.3. The number of nitrogens with zero attached hydrogens (tertiary/aromatic N) is 1. The van der Waals surface area contributed by atoms with Crippen molar-refractivity contribution in [2.45, 2.75) is 11.8 Å². The van der Waals surface area contributed by atoms with E-state index in [0.29, 0.717) is 0 Å². The fraction of sp³-hybridized carbons (Fsp3) is 0.111. The van der Waals surface area contributed by atoms with E-state index in [0.717, 1.165) is 9.37 Å². The summed E-state index contributed by atoms with van der Waals surface area (Å²) in [6.45, 7) is 1.48. The largest absolute Gasteiger partial charge is 0.259 e. The highest BCUT2D eigenvalue weighted by Crippen LogP contribution is 2.23. The molecule has 3 nitrogen and oxygen atoms in total. The molecule has 0 unspecified atom stereocenters. The number of halogens is 1. The second-order valence-corrected chi connectivity index (χ2v) is 4.45. The van der Waals surface area contributed by atoms with Gasteiger partial charge in [-0.15, -0.1) is 0 Å². The van der Waals surface area contributed by atoms with Crippen molar-refractivity contribution in [2.24, 2.45) is 0 Å². The van der Waals surface area contributed by atoms with Crippen LogP contribution >= 0.6 is 27.7 Å². The number of hydrogen-bond acceptors (Lipinski definition) is 3. The molecule has 0 amide bonds. The molecule has 0 aromatic heterocycles. The molecule has 0 saturated carbocycles. The van der Waals surface area contributed by atoms with Crippen molar-refractivity contribution in [3.8, 4) is 0 Å². The Balaban J connectivity index is 2.71. The monoisotopic (exact) mass is 273 g/mol. The molecule has 0 N–H and O–H groups in total. The third kappa shape index (κ3) is 3.51. The molecule has 0 saturated heterocycles. The zero-order valence-corrected chi connectivity index (χ0v) is 9.84. The highest BCUT2D eigenvalue weighted by atomic mass is 79.9. The third-order valence-electron chi connectivity index (χ3n) is 1.45. The van der Waals surface area contributed by atoms with E-state index in [9.17, 15) is 10.1 Å². The Morgan fingerprint density at radius 3 is 2.93 bits per heavy atom. The van der Waals surface area contributed by atoms with Gasteiger partial charge in [-0.1, -0.05) is 33.8 Å². The van der Waals surface area contributed by atoms with E-state index in [1.807, 2.05) is 24.3 Å². The maximum atomic E-state index is 10.3.